The maximum Gasteiger partial charge on any atom is 0.432 e. The monoisotopic (exact) mass is 450 g/mol. The van der Waals surface area contributed by atoms with E-state index in [1.165, 1.54) is 5.56 Å². The fourth-order valence-corrected chi connectivity index (χ4v) is 7.84. The van der Waals surface area contributed by atoms with Crippen LogP contribution in [0.25, 0.3) is 0 Å². The fourth-order valence-electron chi connectivity index (χ4n) is 4.70. The summed E-state index contributed by atoms with van der Waals surface area (Å²) >= 11 is 0. The van der Waals surface area contributed by atoms with E-state index in [9.17, 15) is 0 Å². The van der Waals surface area contributed by atoms with Gasteiger partial charge in [-0.15, -0.1) is 0 Å². The molecule has 2 aromatic carbocycles. The number of hydrogen-bond donors (Lipinski definition) is 0. The van der Waals surface area contributed by atoms with Gasteiger partial charge < -0.3 is 13.8 Å². The first-order chi connectivity index (χ1) is 15.4. The molecular weight excluding hydrogens is 416 g/mol. The van der Waals surface area contributed by atoms with Crippen molar-refractivity contribution in [3.63, 3.8) is 0 Å². The third kappa shape index (κ3) is 4.26. The molecule has 0 N–H and O–H groups in total. The molecule has 32 heavy (non-hydrogen) atoms. The lowest BCUT2D eigenvalue weighted by molar-refractivity contribution is -0.0480. The Morgan fingerprint density at radius 3 is 2.19 bits per heavy atom. The molecule has 0 radical (unpaired) electrons. The Balaban J connectivity index is 1.70. The topological polar surface area (TPSA) is 52.4 Å². The number of oxime groups is 2. The van der Waals surface area contributed by atoms with Crippen LogP contribution in [0.15, 0.2) is 71.0 Å². The molecule has 2 heterocycles. The van der Waals surface area contributed by atoms with Gasteiger partial charge in [0.15, 0.2) is 0 Å². The van der Waals surface area contributed by atoms with Crippen molar-refractivity contribution in [2.75, 3.05) is 6.61 Å². The van der Waals surface area contributed by atoms with Crippen LogP contribution in [0.4, 0.5) is 0 Å². The van der Waals surface area contributed by atoms with E-state index in [0.717, 1.165) is 29.8 Å². The summed E-state index contributed by atoms with van der Waals surface area (Å²) in [6.07, 6.45) is 1.76. The first-order valence-electron chi connectivity index (χ1n) is 11.6. The molecule has 0 saturated carbocycles. The van der Waals surface area contributed by atoms with Crippen LogP contribution in [0.1, 0.15) is 52.2 Å². The molecule has 0 spiro atoms. The molecule has 2 aromatic rings. The van der Waals surface area contributed by atoms with Crippen LogP contribution in [0.2, 0.25) is 11.1 Å². The quantitative estimate of drug-likeness (QED) is 0.500. The van der Waals surface area contributed by atoms with Crippen molar-refractivity contribution in [1.82, 2.24) is 0 Å². The molecule has 0 fully saturated rings. The molecule has 0 amide bonds. The van der Waals surface area contributed by atoms with E-state index in [1.807, 2.05) is 24.3 Å². The number of rotatable bonds is 6. The molecule has 0 bridgehead atoms. The highest BCUT2D eigenvalue weighted by atomic mass is 28.4. The third-order valence-electron chi connectivity index (χ3n) is 6.83. The molecular formula is C26H34N2O3Si. The predicted octanol–water partition coefficient (Wildman–Crippen LogP) is 6.09. The second-order valence-electron chi connectivity index (χ2n) is 9.66. The van der Waals surface area contributed by atoms with E-state index in [2.05, 4.69) is 76.2 Å². The molecule has 6 heteroatoms. The number of aryl methyl sites for hydroxylation is 1. The summed E-state index contributed by atoms with van der Waals surface area (Å²) in [6.45, 7) is 11.4. The van der Waals surface area contributed by atoms with Gasteiger partial charge in [0.1, 0.15) is 17.0 Å². The van der Waals surface area contributed by atoms with Gasteiger partial charge in [0.2, 0.25) is 0 Å². The SMILES string of the molecule is CC(C)[Si]1(C(C)C)OC[C@H]2C(=NO[C@]2(C)CCc2ccccc2)/C(c2ccccc2)=N\O1. The molecule has 2 aliphatic rings. The lowest BCUT2D eigenvalue weighted by atomic mass is 9.80. The van der Waals surface area contributed by atoms with Crippen LogP contribution in [0.5, 0.6) is 0 Å². The zero-order valence-corrected chi connectivity index (χ0v) is 20.7. The van der Waals surface area contributed by atoms with E-state index in [1.54, 1.807) is 0 Å². The summed E-state index contributed by atoms with van der Waals surface area (Å²) in [7, 11) is -2.60. The second kappa shape index (κ2) is 9.20. The van der Waals surface area contributed by atoms with E-state index in [4.69, 9.17) is 18.9 Å². The van der Waals surface area contributed by atoms with Gasteiger partial charge in [0, 0.05) is 23.3 Å². The Kier molecular flexibility index (Phi) is 6.54. The Labute approximate surface area is 192 Å². The maximum atomic E-state index is 6.69. The molecule has 0 unspecified atom stereocenters. The molecule has 2 atom stereocenters. The van der Waals surface area contributed by atoms with Gasteiger partial charge in [-0.05, 0) is 25.3 Å². The lowest BCUT2D eigenvalue weighted by Crippen LogP contribution is -2.52. The zero-order chi connectivity index (χ0) is 22.8. The van der Waals surface area contributed by atoms with Crippen LogP contribution in [0.3, 0.4) is 0 Å². The van der Waals surface area contributed by atoms with E-state index in [0.29, 0.717) is 6.61 Å². The largest absolute Gasteiger partial charge is 0.432 e. The van der Waals surface area contributed by atoms with Gasteiger partial charge in [0.05, 0.1) is 5.92 Å². The number of fused-ring (bicyclic) bond motifs is 1. The van der Waals surface area contributed by atoms with Crippen LogP contribution in [-0.2, 0) is 20.2 Å². The minimum Gasteiger partial charge on any atom is -0.420 e. The van der Waals surface area contributed by atoms with Gasteiger partial charge in [-0.25, -0.2) is 0 Å². The van der Waals surface area contributed by atoms with Crippen molar-refractivity contribution in [2.45, 2.75) is 64.1 Å². The van der Waals surface area contributed by atoms with Crippen LogP contribution in [-0.4, -0.2) is 32.2 Å². The predicted molar refractivity (Wildman–Crippen MR) is 131 cm³/mol. The number of hydrogen-bond acceptors (Lipinski definition) is 5. The maximum absolute atomic E-state index is 6.69. The molecule has 0 aromatic heterocycles. The second-order valence-corrected chi connectivity index (χ2v) is 13.9. The summed E-state index contributed by atoms with van der Waals surface area (Å²) in [5.74, 6) is -0.0153. The van der Waals surface area contributed by atoms with Crippen molar-refractivity contribution in [3.05, 3.63) is 71.8 Å². The van der Waals surface area contributed by atoms with Crippen molar-refractivity contribution >= 4 is 20.0 Å². The summed E-state index contributed by atoms with van der Waals surface area (Å²) in [5.41, 5.74) is 3.93. The molecule has 5 nitrogen and oxygen atoms in total. The van der Waals surface area contributed by atoms with Gasteiger partial charge in [-0.1, -0.05) is 98.7 Å². The molecule has 0 saturated heterocycles. The number of benzene rings is 2. The van der Waals surface area contributed by atoms with Gasteiger partial charge in [-0.3, -0.25) is 0 Å². The zero-order valence-electron chi connectivity index (χ0n) is 19.7. The minimum atomic E-state index is -2.60. The first kappa shape index (κ1) is 22.7. The highest BCUT2D eigenvalue weighted by Crippen LogP contribution is 2.41. The third-order valence-corrected chi connectivity index (χ3v) is 11.0. The molecule has 4 rings (SSSR count). The van der Waals surface area contributed by atoms with Crippen LogP contribution >= 0.6 is 0 Å². The standard InChI is InChI=1S/C26H34N2O3Si/c1-19(2)32(20(3)4)29-18-23-25(24(28-31-32)22-14-10-7-11-15-22)27-30-26(23,5)17-16-21-12-8-6-9-13-21/h6-15,19-20,23H,16-18H2,1-5H3/b28-24-/t23-,26+/m0/s1. The van der Waals surface area contributed by atoms with Crippen LogP contribution < -0.4 is 0 Å². The summed E-state index contributed by atoms with van der Waals surface area (Å²) in [5, 5.41) is 9.28. The van der Waals surface area contributed by atoms with Gasteiger partial charge in [0.25, 0.3) is 0 Å². The highest BCUT2D eigenvalue weighted by Gasteiger charge is 2.54. The lowest BCUT2D eigenvalue weighted by Gasteiger charge is -2.39. The van der Waals surface area contributed by atoms with Crippen molar-refractivity contribution in [3.8, 4) is 0 Å². The van der Waals surface area contributed by atoms with E-state index < -0.39 is 14.2 Å². The Morgan fingerprint density at radius 1 is 0.938 bits per heavy atom. The van der Waals surface area contributed by atoms with Gasteiger partial charge in [-0.2, -0.15) is 0 Å². The highest BCUT2D eigenvalue weighted by molar-refractivity contribution is 6.70. The normalized spacial score (nSPS) is 26.3. The van der Waals surface area contributed by atoms with Crippen molar-refractivity contribution < 1.29 is 13.8 Å². The Morgan fingerprint density at radius 2 is 1.56 bits per heavy atom. The first-order valence-corrected chi connectivity index (χ1v) is 13.6. The molecule has 0 aliphatic carbocycles. The average molecular weight is 451 g/mol. The van der Waals surface area contributed by atoms with Crippen molar-refractivity contribution in [2.24, 2.45) is 16.2 Å². The Bertz CT molecular complexity index is 967. The summed E-state index contributed by atoms with van der Waals surface area (Å²) in [4.78, 5) is 6.15. The Hall–Kier alpha value is -2.44. The minimum absolute atomic E-state index is 0.0153. The smallest absolute Gasteiger partial charge is 0.420 e. The average Bonchev–Trinajstić information content (AvgIpc) is 3.09. The number of nitrogens with zero attached hydrogens (tertiary/aromatic N) is 2. The molecule has 2 aliphatic heterocycles. The molecule has 170 valence electrons. The van der Waals surface area contributed by atoms with E-state index in [-0.39, 0.29) is 17.0 Å². The summed E-state index contributed by atoms with van der Waals surface area (Å²) < 4.78 is 13.0. The van der Waals surface area contributed by atoms with E-state index >= 15 is 0 Å². The van der Waals surface area contributed by atoms with Crippen LogP contribution in [0, 0.1) is 5.92 Å². The fraction of sp³-hybridized carbons (Fsp3) is 0.462. The van der Waals surface area contributed by atoms with Crippen molar-refractivity contribution in [1.29, 1.82) is 0 Å². The summed E-state index contributed by atoms with van der Waals surface area (Å²) in [6, 6.07) is 20.7. The van der Waals surface area contributed by atoms with Gasteiger partial charge >= 0.3 is 8.56 Å².